The molecule has 2 fully saturated rings. The topological polar surface area (TPSA) is 55.8 Å². The highest BCUT2D eigenvalue weighted by molar-refractivity contribution is 7.17. The Morgan fingerprint density at radius 3 is 2.52 bits per heavy atom. The summed E-state index contributed by atoms with van der Waals surface area (Å²) in [5.74, 6) is 0.176. The molecule has 0 N–H and O–H groups in total. The summed E-state index contributed by atoms with van der Waals surface area (Å²) in [6.45, 7) is 0.833. The van der Waals surface area contributed by atoms with Crippen LogP contribution in [0.1, 0.15) is 44.1 Å². The maximum Gasteiger partial charge on any atom is 0.514 e. The predicted molar refractivity (Wildman–Crippen MR) is 123 cm³/mol. The zero-order chi connectivity index (χ0) is 22.0. The minimum atomic E-state index is -0.761. The summed E-state index contributed by atoms with van der Waals surface area (Å²) >= 11 is 14.5. The number of halogens is 2. The Labute approximate surface area is 196 Å². The molecule has 1 amide bonds. The molecule has 1 aromatic carbocycles. The fraction of sp³-hybridized carbons (Fsp3) is 0.478. The first-order valence-electron chi connectivity index (χ1n) is 10.6. The lowest BCUT2D eigenvalue weighted by atomic mass is 9.94. The molecule has 2 aliphatic rings. The van der Waals surface area contributed by atoms with E-state index in [2.05, 4.69) is 9.64 Å². The van der Waals surface area contributed by atoms with Crippen LogP contribution in [0.5, 0.6) is 5.06 Å². The molecule has 1 atom stereocenters. The number of amides is 1. The van der Waals surface area contributed by atoms with Crippen molar-refractivity contribution in [2.24, 2.45) is 5.92 Å². The molecule has 31 heavy (non-hydrogen) atoms. The largest absolute Gasteiger partial charge is 0.514 e. The summed E-state index contributed by atoms with van der Waals surface area (Å²) in [5.41, 5.74) is 1.66. The van der Waals surface area contributed by atoms with Crippen LogP contribution in [0.15, 0.2) is 24.3 Å². The Kier molecular flexibility index (Phi) is 7.09. The maximum atomic E-state index is 13.0. The van der Waals surface area contributed by atoms with Crippen LogP contribution in [0.2, 0.25) is 10.0 Å². The fourth-order valence-corrected chi connectivity index (χ4v) is 6.02. The lowest BCUT2D eigenvalue weighted by Crippen LogP contribution is -2.39. The zero-order valence-electron chi connectivity index (χ0n) is 17.4. The van der Waals surface area contributed by atoms with Crippen LogP contribution in [-0.4, -0.2) is 36.7 Å². The molecule has 2 heterocycles. The smallest absolute Gasteiger partial charge is 0.437 e. The lowest BCUT2D eigenvalue weighted by molar-refractivity contribution is -0.133. The van der Waals surface area contributed by atoms with Gasteiger partial charge in [0.05, 0.1) is 7.11 Å². The van der Waals surface area contributed by atoms with Gasteiger partial charge in [0.2, 0.25) is 5.91 Å². The molecule has 0 spiro atoms. The van der Waals surface area contributed by atoms with Crippen molar-refractivity contribution in [1.29, 1.82) is 0 Å². The number of carbonyl (C=O) groups excluding carboxylic acids is 2. The van der Waals surface area contributed by atoms with E-state index >= 15 is 0 Å². The van der Waals surface area contributed by atoms with Crippen LogP contribution in [0, 0.1) is 5.92 Å². The third kappa shape index (κ3) is 5.02. The highest BCUT2D eigenvalue weighted by Gasteiger charge is 2.36. The summed E-state index contributed by atoms with van der Waals surface area (Å²) in [4.78, 5) is 27.3. The average Bonchev–Trinajstić information content (AvgIpc) is 3.38. The van der Waals surface area contributed by atoms with Gasteiger partial charge >= 0.3 is 6.16 Å². The maximum absolute atomic E-state index is 13.0. The number of benzene rings is 1. The summed E-state index contributed by atoms with van der Waals surface area (Å²) < 4.78 is 9.57. The molecule has 1 saturated carbocycles. The van der Waals surface area contributed by atoms with Crippen molar-refractivity contribution in [3.63, 3.8) is 0 Å². The van der Waals surface area contributed by atoms with E-state index in [4.69, 9.17) is 27.9 Å². The molecule has 0 bridgehead atoms. The van der Waals surface area contributed by atoms with Crippen molar-refractivity contribution in [2.75, 3.05) is 13.7 Å². The van der Waals surface area contributed by atoms with Crippen LogP contribution in [0.4, 0.5) is 4.79 Å². The Hall–Kier alpha value is -1.76. The zero-order valence-corrected chi connectivity index (χ0v) is 19.7. The van der Waals surface area contributed by atoms with Gasteiger partial charge in [-0.05, 0) is 61.1 Å². The van der Waals surface area contributed by atoms with Crippen LogP contribution in [0.3, 0.4) is 0 Å². The van der Waals surface area contributed by atoms with Gasteiger partial charge in [-0.3, -0.25) is 4.79 Å². The fourth-order valence-electron chi connectivity index (χ4n) is 4.55. The lowest BCUT2D eigenvalue weighted by Gasteiger charge is -2.31. The number of nitrogens with zero attached hydrogens (tertiary/aromatic N) is 1. The van der Waals surface area contributed by atoms with Gasteiger partial charge in [0.1, 0.15) is 0 Å². The van der Waals surface area contributed by atoms with Gasteiger partial charge in [0, 0.05) is 33.4 Å². The summed E-state index contributed by atoms with van der Waals surface area (Å²) in [6.07, 6.45) is 6.60. The summed E-state index contributed by atoms with van der Waals surface area (Å²) in [5, 5.41) is 1.53. The third-order valence-electron chi connectivity index (χ3n) is 6.17. The van der Waals surface area contributed by atoms with Crippen LogP contribution in [0.25, 0.3) is 10.4 Å². The first kappa shape index (κ1) is 22.4. The molecule has 1 aliphatic heterocycles. The molecule has 1 aliphatic carbocycles. The van der Waals surface area contributed by atoms with Gasteiger partial charge in [-0.2, -0.15) is 0 Å². The predicted octanol–water partition coefficient (Wildman–Crippen LogP) is 6.59. The highest BCUT2D eigenvalue weighted by Crippen LogP contribution is 2.39. The first-order chi connectivity index (χ1) is 15.0. The number of rotatable bonds is 5. The van der Waals surface area contributed by atoms with E-state index in [0.717, 1.165) is 41.8 Å². The van der Waals surface area contributed by atoms with Crippen LogP contribution in [-0.2, 0) is 16.0 Å². The number of carbonyl (C=O) groups is 2. The van der Waals surface area contributed by atoms with E-state index in [0.29, 0.717) is 27.6 Å². The van der Waals surface area contributed by atoms with E-state index in [1.807, 2.05) is 18.2 Å². The van der Waals surface area contributed by atoms with E-state index in [1.165, 1.54) is 37.7 Å². The standard InChI is InChI=1S/C23H25Cl2NO4S/c1-29-23(28)30-21-8-7-20(31-21)15-12-18(24)17(19(25)13-15)11-14-9-10-26(22(14)27)16-5-3-2-4-6-16/h7-8,12-14,16H,2-6,9-11H2,1H3. The highest BCUT2D eigenvalue weighted by atomic mass is 35.5. The molecular weight excluding hydrogens is 457 g/mol. The van der Waals surface area contributed by atoms with E-state index in [1.54, 1.807) is 6.07 Å². The van der Waals surface area contributed by atoms with Crippen molar-refractivity contribution in [2.45, 2.75) is 51.0 Å². The minimum absolute atomic E-state index is 0.0652. The van der Waals surface area contributed by atoms with Gasteiger partial charge in [-0.15, -0.1) is 0 Å². The van der Waals surface area contributed by atoms with Crippen molar-refractivity contribution >= 4 is 46.6 Å². The molecule has 5 nitrogen and oxygen atoms in total. The number of thiophene rings is 1. The first-order valence-corrected chi connectivity index (χ1v) is 12.2. The second kappa shape index (κ2) is 9.80. The monoisotopic (exact) mass is 481 g/mol. The minimum Gasteiger partial charge on any atom is -0.437 e. The van der Waals surface area contributed by atoms with E-state index in [-0.39, 0.29) is 11.8 Å². The SMILES string of the molecule is COC(=O)Oc1ccc(-c2cc(Cl)c(CC3CCN(C4CCCCC4)C3=O)c(Cl)c2)s1. The van der Waals surface area contributed by atoms with Gasteiger partial charge in [-0.25, -0.2) is 4.79 Å². The number of methoxy groups -OCH3 is 1. The number of hydrogen-bond acceptors (Lipinski definition) is 5. The second-order valence-corrected chi connectivity index (χ2v) is 9.97. The third-order valence-corrected chi connectivity index (χ3v) is 7.86. The molecule has 8 heteroatoms. The van der Waals surface area contributed by atoms with E-state index in [9.17, 15) is 9.59 Å². The molecular formula is C23H25Cl2NO4S. The second-order valence-electron chi connectivity index (χ2n) is 8.11. The van der Waals surface area contributed by atoms with Crippen LogP contribution < -0.4 is 4.74 Å². The van der Waals surface area contributed by atoms with Crippen molar-refractivity contribution in [3.05, 3.63) is 39.9 Å². The number of hydrogen-bond donors (Lipinski definition) is 0. The molecule has 1 unspecified atom stereocenters. The number of likely N-dealkylation sites (tertiary alicyclic amines) is 1. The van der Waals surface area contributed by atoms with Crippen molar-refractivity contribution < 1.29 is 19.1 Å². The quantitative estimate of drug-likeness (QED) is 0.451. The molecule has 1 aromatic heterocycles. The molecule has 4 rings (SSSR count). The van der Waals surface area contributed by atoms with Gasteiger partial charge in [0.15, 0.2) is 5.06 Å². The Bertz CT molecular complexity index is 947. The summed E-state index contributed by atoms with van der Waals surface area (Å²) in [7, 11) is 1.26. The van der Waals surface area contributed by atoms with Gasteiger partial charge in [0.25, 0.3) is 0 Å². The van der Waals surface area contributed by atoms with Gasteiger partial charge in [-0.1, -0.05) is 53.8 Å². The molecule has 0 radical (unpaired) electrons. The van der Waals surface area contributed by atoms with E-state index < -0.39 is 6.16 Å². The van der Waals surface area contributed by atoms with Crippen LogP contribution >= 0.6 is 34.5 Å². The van der Waals surface area contributed by atoms with Gasteiger partial charge < -0.3 is 14.4 Å². The Balaban J connectivity index is 1.47. The average molecular weight is 482 g/mol. The normalized spacial score (nSPS) is 19.6. The Morgan fingerprint density at radius 2 is 1.84 bits per heavy atom. The molecule has 1 saturated heterocycles. The summed E-state index contributed by atoms with van der Waals surface area (Å²) in [6, 6.07) is 7.65. The van der Waals surface area contributed by atoms with Crippen molar-refractivity contribution in [3.8, 4) is 15.5 Å². The van der Waals surface area contributed by atoms with Crippen molar-refractivity contribution in [1.82, 2.24) is 4.90 Å². The molecule has 166 valence electrons. The molecule has 2 aromatic rings. The Morgan fingerprint density at radius 1 is 1.13 bits per heavy atom. The number of ether oxygens (including phenoxy) is 2.